The van der Waals surface area contributed by atoms with Crippen LogP contribution in [0, 0.1) is 0 Å². The van der Waals surface area contributed by atoms with Crippen LogP contribution in [0.2, 0.25) is 0 Å². The van der Waals surface area contributed by atoms with Gasteiger partial charge in [0.2, 0.25) is 0 Å². The summed E-state index contributed by atoms with van der Waals surface area (Å²) in [5, 5.41) is 7.68. The molecule has 0 bridgehead atoms. The predicted molar refractivity (Wildman–Crippen MR) is 85.5 cm³/mol. The van der Waals surface area contributed by atoms with Gasteiger partial charge in [-0.1, -0.05) is 42.1 Å². The largest absolute Gasteiger partial charge is 0.318 e. The Hall–Kier alpha value is -2.34. The molecule has 1 heterocycles. The van der Waals surface area contributed by atoms with Crippen LogP contribution in [0.3, 0.4) is 0 Å². The maximum absolute atomic E-state index is 11.8. The van der Waals surface area contributed by atoms with E-state index in [1.165, 1.54) is 11.8 Å². The third-order valence-electron chi connectivity index (χ3n) is 3.02. The molecule has 5 nitrogen and oxygen atoms in total. The molecule has 1 aliphatic heterocycles. The van der Waals surface area contributed by atoms with E-state index in [0.717, 1.165) is 16.5 Å². The van der Waals surface area contributed by atoms with E-state index in [-0.39, 0.29) is 0 Å². The van der Waals surface area contributed by atoms with Gasteiger partial charge in [-0.3, -0.25) is 19.9 Å². The van der Waals surface area contributed by atoms with Crippen molar-refractivity contribution in [2.75, 3.05) is 17.6 Å². The van der Waals surface area contributed by atoms with Crippen LogP contribution in [-0.4, -0.2) is 29.3 Å². The molecule has 0 aromatic heterocycles. The number of amides is 2. The lowest BCUT2D eigenvalue weighted by Crippen LogP contribution is -2.37. The minimum Gasteiger partial charge on any atom is -0.318 e. The first kappa shape index (κ1) is 13.6. The monoisotopic (exact) mass is 299 g/mol. The van der Waals surface area contributed by atoms with Crippen LogP contribution in [0.25, 0.3) is 10.8 Å². The first-order valence-electron chi connectivity index (χ1n) is 6.51. The molecule has 0 saturated carbocycles. The second-order valence-electron chi connectivity index (χ2n) is 4.51. The summed E-state index contributed by atoms with van der Waals surface area (Å²) < 4.78 is 0. The van der Waals surface area contributed by atoms with Gasteiger partial charge in [0.1, 0.15) is 0 Å². The first-order valence-corrected chi connectivity index (χ1v) is 7.49. The molecular weight excluding hydrogens is 286 g/mol. The number of rotatable bonds is 1. The first-order chi connectivity index (χ1) is 10.2. The Morgan fingerprint density at radius 3 is 2.52 bits per heavy atom. The fourth-order valence-corrected chi connectivity index (χ4v) is 2.74. The molecule has 0 spiro atoms. The second kappa shape index (κ2) is 5.97. The highest BCUT2D eigenvalue weighted by Gasteiger charge is 2.17. The van der Waals surface area contributed by atoms with Crippen molar-refractivity contribution in [3.63, 3.8) is 0 Å². The van der Waals surface area contributed by atoms with Gasteiger partial charge < -0.3 is 5.32 Å². The average Bonchev–Trinajstić information content (AvgIpc) is 3.00. The Bertz CT molecular complexity index is 743. The van der Waals surface area contributed by atoms with Crippen LogP contribution in [0.15, 0.2) is 47.5 Å². The van der Waals surface area contributed by atoms with Crippen LogP contribution >= 0.6 is 11.8 Å². The number of hydrogen-bond acceptors (Lipinski definition) is 4. The van der Waals surface area contributed by atoms with Gasteiger partial charge in [-0.15, -0.1) is 0 Å². The van der Waals surface area contributed by atoms with Crippen molar-refractivity contribution in [1.82, 2.24) is 5.32 Å². The van der Waals surface area contributed by atoms with Crippen molar-refractivity contribution < 1.29 is 9.59 Å². The lowest BCUT2D eigenvalue weighted by molar-refractivity contribution is -0.135. The highest BCUT2D eigenvalue weighted by Crippen LogP contribution is 2.18. The quantitative estimate of drug-likeness (QED) is 0.791. The predicted octanol–water partition coefficient (Wildman–Crippen LogP) is 2.00. The molecule has 0 atom stereocenters. The summed E-state index contributed by atoms with van der Waals surface area (Å²) in [6.07, 6.45) is 0. The standard InChI is InChI=1S/C15H13N3O2S/c19-13(14(20)18-15-16-7-8-21-15)17-12-6-5-10-3-1-2-4-11(10)9-12/h1-6,9H,7-8H2,(H,17,19)(H,16,18,20). The minimum atomic E-state index is -0.698. The number of carbonyl (C=O) groups excluding carboxylic acids is 2. The summed E-state index contributed by atoms with van der Waals surface area (Å²) in [5.41, 5.74) is 0.592. The van der Waals surface area contributed by atoms with E-state index in [4.69, 9.17) is 0 Å². The number of hydrogen-bond donors (Lipinski definition) is 2. The molecule has 0 saturated heterocycles. The fraction of sp³-hybridized carbons (Fsp3) is 0.133. The molecule has 0 fully saturated rings. The van der Waals surface area contributed by atoms with Gasteiger partial charge in [-0.2, -0.15) is 0 Å². The molecule has 2 aromatic carbocycles. The number of amidine groups is 1. The number of benzene rings is 2. The second-order valence-corrected chi connectivity index (χ2v) is 5.59. The number of nitrogens with zero attached hydrogens (tertiary/aromatic N) is 1. The van der Waals surface area contributed by atoms with Gasteiger partial charge in [-0.25, -0.2) is 0 Å². The highest BCUT2D eigenvalue weighted by molar-refractivity contribution is 8.14. The van der Waals surface area contributed by atoms with E-state index in [0.29, 0.717) is 17.4 Å². The van der Waals surface area contributed by atoms with Crippen molar-refractivity contribution in [3.8, 4) is 0 Å². The zero-order valence-corrected chi connectivity index (χ0v) is 11.9. The summed E-state index contributed by atoms with van der Waals surface area (Å²) in [4.78, 5) is 27.7. The van der Waals surface area contributed by atoms with Gasteiger partial charge in [-0.05, 0) is 22.9 Å². The molecule has 3 rings (SSSR count). The smallest absolute Gasteiger partial charge is 0.315 e. The summed E-state index contributed by atoms with van der Waals surface area (Å²) in [6, 6.07) is 13.3. The fourth-order valence-electron chi connectivity index (χ4n) is 2.02. The van der Waals surface area contributed by atoms with Crippen LogP contribution in [-0.2, 0) is 9.59 Å². The van der Waals surface area contributed by atoms with E-state index in [2.05, 4.69) is 15.6 Å². The van der Waals surface area contributed by atoms with E-state index in [9.17, 15) is 9.59 Å². The Kier molecular flexibility index (Phi) is 3.87. The maximum Gasteiger partial charge on any atom is 0.315 e. The van der Waals surface area contributed by atoms with Gasteiger partial charge in [0, 0.05) is 11.4 Å². The molecule has 6 heteroatoms. The third-order valence-corrected chi connectivity index (χ3v) is 3.91. The summed E-state index contributed by atoms with van der Waals surface area (Å²) in [6.45, 7) is 0.673. The molecule has 1 aliphatic rings. The Morgan fingerprint density at radius 1 is 1.00 bits per heavy atom. The number of carbonyl (C=O) groups is 2. The van der Waals surface area contributed by atoms with E-state index in [1.807, 2.05) is 36.4 Å². The molecule has 21 heavy (non-hydrogen) atoms. The Balaban J connectivity index is 1.69. The van der Waals surface area contributed by atoms with Crippen LogP contribution in [0.4, 0.5) is 5.69 Å². The summed E-state index contributed by atoms with van der Waals surface area (Å²) in [5.74, 6) is -0.557. The Labute approximate surface area is 125 Å². The molecule has 0 unspecified atom stereocenters. The van der Waals surface area contributed by atoms with Crippen LogP contribution in [0.1, 0.15) is 0 Å². The number of nitrogens with one attached hydrogen (secondary N) is 2. The van der Waals surface area contributed by atoms with Gasteiger partial charge in [0.15, 0.2) is 5.17 Å². The van der Waals surface area contributed by atoms with Gasteiger partial charge in [0.25, 0.3) is 0 Å². The van der Waals surface area contributed by atoms with E-state index >= 15 is 0 Å². The number of thioether (sulfide) groups is 1. The number of anilines is 1. The topological polar surface area (TPSA) is 70.6 Å². The van der Waals surface area contributed by atoms with Crippen LogP contribution in [0.5, 0.6) is 0 Å². The lowest BCUT2D eigenvalue weighted by atomic mass is 10.1. The SMILES string of the molecule is O=C(NC1=NCCS1)C(=O)Nc1ccc2ccccc2c1. The number of fused-ring (bicyclic) bond motifs is 1. The van der Waals surface area contributed by atoms with Crippen LogP contribution < -0.4 is 10.6 Å². The molecule has 106 valence electrons. The molecule has 2 aromatic rings. The molecule has 2 N–H and O–H groups in total. The maximum atomic E-state index is 11.8. The Morgan fingerprint density at radius 2 is 1.76 bits per heavy atom. The molecule has 2 amide bonds. The zero-order chi connectivity index (χ0) is 14.7. The van der Waals surface area contributed by atoms with Crippen molar-refractivity contribution in [2.45, 2.75) is 0 Å². The molecule has 0 aliphatic carbocycles. The van der Waals surface area contributed by atoms with E-state index in [1.54, 1.807) is 6.07 Å². The zero-order valence-electron chi connectivity index (χ0n) is 11.1. The number of aliphatic imine (C=N–C) groups is 1. The van der Waals surface area contributed by atoms with Crippen molar-refractivity contribution >= 4 is 45.2 Å². The summed E-state index contributed by atoms with van der Waals surface area (Å²) >= 11 is 1.43. The van der Waals surface area contributed by atoms with E-state index < -0.39 is 11.8 Å². The summed E-state index contributed by atoms with van der Waals surface area (Å²) in [7, 11) is 0. The normalized spacial score (nSPS) is 13.8. The van der Waals surface area contributed by atoms with Crippen molar-refractivity contribution in [3.05, 3.63) is 42.5 Å². The average molecular weight is 299 g/mol. The van der Waals surface area contributed by atoms with Crippen molar-refractivity contribution in [2.24, 2.45) is 4.99 Å². The van der Waals surface area contributed by atoms with Crippen molar-refractivity contribution in [1.29, 1.82) is 0 Å². The lowest BCUT2D eigenvalue weighted by Gasteiger charge is -2.07. The van der Waals surface area contributed by atoms with Gasteiger partial charge >= 0.3 is 11.8 Å². The third kappa shape index (κ3) is 3.22. The minimum absolute atomic E-state index is 0.508. The molecular formula is C15H13N3O2S. The highest BCUT2D eigenvalue weighted by atomic mass is 32.2. The molecule has 0 radical (unpaired) electrons. The van der Waals surface area contributed by atoms with Gasteiger partial charge in [0.05, 0.1) is 6.54 Å².